The summed E-state index contributed by atoms with van der Waals surface area (Å²) in [6.45, 7) is 2.40. The molecule has 2 rings (SSSR count). The zero-order chi connectivity index (χ0) is 17.4. The van der Waals surface area contributed by atoms with Crippen LogP contribution in [0.3, 0.4) is 0 Å². The fourth-order valence-electron chi connectivity index (χ4n) is 2.53. The van der Waals surface area contributed by atoms with Crippen molar-refractivity contribution < 1.29 is 9.59 Å². The Labute approximate surface area is 142 Å². The molecule has 0 saturated heterocycles. The van der Waals surface area contributed by atoms with Crippen LogP contribution in [-0.4, -0.2) is 18.5 Å². The van der Waals surface area contributed by atoms with Crippen molar-refractivity contribution in [3.05, 3.63) is 66.2 Å². The van der Waals surface area contributed by atoms with Gasteiger partial charge in [-0.2, -0.15) is 0 Å². The number of carbonyl (C=O) groups is 2. The highest BCUT2D eigenvalue weighted by atomic mass is 16.2. The van der Waals surface area contributed by atoms with Crippen LogP contribution in [0.5, 0.6) is 0 Å². The molecule has 5 heteroatoms. The Kier molecular flexibility index (Phi) is 6.37. The lowest BCUT2D eigenvalue weighted by Gasteiger charge is -2.30. The number of anilines is 1. The van der Waals surface area contributed by atoms with Crippen molar-refractivity contribution in [2.75, 3.05) is 11.4 Å². The molecule has 0 heterocycles. The number of rotatable bonds is 7. The van der Waals surface area contributed by atoms with Crippen LogP contribution in [0.4, 0.5) is 10.5 Å². The molecule has 0 radical (unpaired) electrons. The Morgan fingerprint density at radius 1 is 1.04 bits per heavy atom. The molecule has 5 nitrogen and oxygen atoms in total. The van der Waals surface area contributed by atoms with E-state index in [1.165, 1.54) is 0 Å². The Hall–Kier alpha value is -2.82. The van der Waals surface area contributed by atoms with E-state index in [9.17, 15) is 9.59 Å². The summed E-state index contributed by atoms with van der Waals surface area (Å²) in [7, 11) is 0. The molecule has 0 spiro atoms. The van der Waals surface area contributed by atoms with E-state index in [0.717, 1.165) is 11.3 Å². The topological polar surface area (TPSA) is 75.4 Å². The lowest BCUT2D eigenvalue weighted by molar-refractivity contribution is -0.118. The molecular formula is C19H23N3O2. The monoisotopic (exact) mass is 325 g/mol. The molecule has 1 unspecified atom stereocenters. The predicted octanol–water partition coefficient (Wildman–Crippen LogP) is 3.23. The van der Waals surface area contributed by atoms with Crippen molar-refractivity contribution >= 4 is 17.6 Å². The van der Waals surface area contributed by atoms with Crippen molar-refractivity contribution in [1.82, 2.24) is 5.32 Å². The summed E-state index contributed by atoms with van der Waals surface area (Å²) >= 11 is 0. The van der Waals surface area contributed by atoms with Crippen molar-refractivity contribution in [2.24, 2.45) is 5.73 Å². The molecule has 1 atom stereocenters. The minimum atomic E-state index is -0.359. The molecule has 0 aromatic heterocycles. The molecule has 2 aromatic rings. The summed E-state index contributed by atoms with van der Waals surface area (Å²) in [4.78, 5) is 25.2. The van der Waals surface area contributed by atoms with E-state index < -0.39 is 0 Å². The number of primary amides is 1. The van der Waals surface area contributed by atoms with E-state index in [-0.39, 0.29) is 24.4 Å². The first-order valence-electron chi connectivity index (χ1n) is 8.05. The predicted molar refractivity (Wildman–Crippen MR) is 95.6 cm³/mol. The van der Waals surface area contributed by atoms with Crippen LogP contribution in [0.1, 0.15) is 31.4 Å². The second-order valence-electron chi connectivity index (χ2n) is 5.59. The summed E-state index contributed by atoms with van der Waals surface area (Å²) in [5, 5.41) is 2.87. The largest absolute Gasteiger partial charge is 0.370 e. The Morgan fingerprint density at radius 2 is 1.62 bits per heavy atom. The van der Waals surface area contributed by atoms with Gasteiger partial charge < -0.3 is 11.1 Å². The number of nitrogens with two attached hydrogens (primary N) is 1. The van der Waals surface area contributed by atoms with Crippen LogP contribution in [0.2, 0.25) is 0 Å². The number of benzene rings is 2. The van der Waals surface area contributed by atoms with Gasteiger partial charge in [0.15, 0.2) is 0 Å². The van der Waals surface area contributed by atoms with Crippen LogP contribution < -0.4 is 16.0 Å². The first-order chi connectivity index (χ1) is 11.6. The molecule has 0 aliphatic rings. The first kappa shape index (κ1) is 17.5. The van der Waals surface area contributed by atoms with Crippen LogP contribution in [0.15, 0.2) is 60.7 Å². The molecule has 0 saturated carbocycles. The third-order valence-electron chi connectivity index (χ3n) is 3.80. The van der Waals surface area contributed by atoms with Crippen molar-refractivity contribution in [2.45, 2.75) is 25.8 Å². The van der Waals surface area contributed by atoms with Crippen molar-refractivity contribution in [3.63, 3.8) is 0 Å². The molecule has 126 valence electrons. The summed E-state index contributed by atoms with van der Waals surface area (Å²) in [6, 6.07) is 19.1. The first-order valence-corrected chi connectivity index (χ1v) is 8.05. The normalized spacial score (nSPS) is 11.5. The SMILES string of the molecule is CC(c1ccccc1)N(C(=O)NCCCC(N)=O)c1ccccc1. The van der Waals surface area contributed by atoms with Gasteiger partial charge in [0.1, 0.15) is 0 Å². The van der Waals surface area contributed by atoms with Crippen molar-refractivity contribution in [3.8, 4) is 0 Å². The van der Waals surface area contributed by atoms with Gasteiger partial charge in [0.2, 0.25) is 5.91 Å². The maximum atomic E-state index is 12.7. The number of para-hydroxylation sites is 1. The number of hydrogen-bond acceptors (Lipinski definition) is 2. The zero-order valence-corrected chi connectivity index (χ0v) is 13.8. The number of nitrogens with zero attached hydrogens (tertiary/aromatic N) is 1. The average Bonchev–Trinajstić information content (AvgIpc) is 2.60. The molecule has 0 bridgehead atoms. The van der Waals surface area contributed by atoms with Crippen LogP contribution in [0.25, 0.3) is 0 Å². The highest BCUT2D eigenvalue weighted by molar-refractivity contribution is 5.92. The van der Waals surface area contributed by atoms with E-state index in [4.69, 9.17) is 5.73 Å². The summed E-state index contributed by atoms with van der Waals surface area (Å²) in [5.41, 5.74) is 6.99. The van der Waals surface area contributed by atoms with E-state index in [0.29, 0.717) is 13.0 Å². The van der Waals surface area contributed by atoms with Crippen molar-refractivity contribution in [1.29, 1.82) is 0 Å². The zero-order valence-electron chi connectivity index (χ0n) is 13.8. The van der Waals surface area contributed by atoms with Gasteiger partial charge in [-0.15, -0.1) is 0 Å². The third-order valence-corrected chi connectivity index (χ3v) is 3.80. The summed E-state index contributed by atoms with van der Waals surface area (Å²) in [6.07, 6.45) is 0.795. The van der Waals surface area contributed by atoms with E-state index in [2.05, 4.69) is 5.32 Å². The van der Waals surface area contributed by atoms with Gasteiger partial charge in [-0.05, 0) is 31.0 Å². The molecule has 0 aliphatic heterocycles. The van der Waals surface area contributed by atoms with Crippen LogP contribution in [0, 0.1) is 0 Å². The maximum Gasteiger partial charge on any atom is 0.322 e. The van der Waals surface area contributed by atoms with Crippen LogP contribution >= 0.6 is 0 Å². The number of carbonyl (C=O) groups excluding carboxylic acids is 2. The highest BCUT2D eigenvalue weighted by Gasteiger charge is 2.22. The minimum Gasteiger partial charge on any atom is -0.370 e. The van der Waals surface area contributed by atoms with Gasteiger partial charge >= 0.3 is 6.03 Å². The van der Waals surface area contributed by atoms with Crippen LogP contribution in [-0.2, 0) is 4.79 Å². The fraction of sp³-hybridized carbons (Fsp3) is 0.263. The average molecular weight is 325 g/mol. The van der Waals surface area contributed by atoms with Gasteiger partial charge in [0.05, 0.1) is 6.04 Å². The molecule has 3 amide bonds. The van der Waals surface area contributed by atoms with E-state index >= 15 is 0 Å². The Bertz CT molecular complexity index is 659. The van der Waals surface area contributed by atoms with Gasteiger partial charge in [-0.1, -0.05) is 48.5 Å². The van der Waals surface area contributed by atoms with Gasteiger partial charge in [0.25, 0.3) is 0 Å². The number of amides is 3. The smallest absolute Gasteiger partial charge is 0.322 e. The minimum absolute atomic E-state index is 0.121. The highest BCUT2D eigenvalue weighted by Crippen LogP contribution is 2.26. The summed E-state index contributed by atoms with van der Waals surface area (Å²) in [5.74, 6) is -0.359. The number of hydrogen-bond donors (Lipinski definition) is 2. The second-order valence-corrected chi connectivity index (χ2v) is 5.59. The van der Waals surface area contributed by atoms with E-state index in [1.54, 1.807) is 4.90 Å². The lowest BCUT2D eigenvalue weighted by Crippen LogP contribution is -2.42. The quantitative estimate of drug-likeness (QED) is 0.767. The van der Waals surface area contributed by atoms with Gasteiger partial charge in [-0.3, -0.25) is 9.69 Å². The molecular weight excluding hydrogens is 302 g/mol. The molecule has 2 aromatic carbocycles. The van der Waals surface area contributed by atoms with Gasteiger partial charge in [-0.25, -0.2) is 4.79 Å². The Morgan fingerprint density at radius 3 is 2.21 bits per heavy atom. The Balaban J connectivity index is 2.14. The molecule has 0 fully saturated rings. The fourth-order valence-corrected chi connectivity index (χ4v) is 2.53. The third kappa shape index (κ3) is 4.84. The number of urea groups is 1. The van der Waals surface area contributed by atoms with Gasteiger partial charge in [0, 0.05) is 18.7 Å². The maximum absolute atomic E-state index is 12.7. The standard InChI is InChI=1S/C19H23N3O2/c1-15(16-9-4-2-5-10-16)22(17-11-6-3-7-12-17)19(24)21-14-8-13-18(20)23/h2-7,9-12,15H,8,13-14H2,1H3,(H2,20,23)(H,21,24). The molecule has 3 N–H and O–H groups in total. The van der Waals surface area contributed by atoms with E-state index in [1.807, 2.05) is 67.6 Å². The molecule has 24 heavy (non-hydrogen) atoms. The number of nitrogens with one attached hydrogen (secondary N) is 1. The second kappa shape index (κ2) is 8.72. The lowest BCUT2D eigenvalue weighted by atomic mass is 10.1. The molecule has 0 aliphatic carbocycles. The summed E-state index contributed by atoms with van der Waals surface area (Å²) < 4.78 is 0.